The van der Waals surface area contributed by atoms with Crippen molar-refractivity contribution in [3.63, 3.8) is 0 Å². The molecule has 0 nitrogen and oxygen atoms in total. The molecule has 0 aliphatic carbocycles. The molecule has 0 amide bonds. The van der Waals surface area contributed by atoms with E-state index in [9.17, 15) is 0 Å². The van der Waals surface area contributed by atoms with Crippen molar-refractivity contribution in [2.75, 3.05) is 17.3 Å². The van der Waals surface area contributed by atoms with Gasteiger partial charge in [0.2, 0.25) is 0 Å². The van der Waals surface area contributed by atoms with Crippen molar-refractivity contribution in [1.82, 2.24) is 0 Å². The lowest BCUT2D eigenvalue weighted by Gasteiger charge is -2.31. The Bertz CT molecular complexity index is 162. The molecule has 90 valence electrons. The minimum atomic E-state index is 0.788. The Labute approximate surface area is 108 Å². The van der Waals surface area contributed by atoms with Crippen LogP contribution in [0.5, 0.6) is 0 Å². The van der Waals surface area contributed by atoms with Gasteiger partial charge in [0.1, 0.15) is 0 Å². The molecule has 0 N–H and O–H groups in total. The summed E-state index contributed by atoms with van der Waals surface area (Å²) in [6.45, 7) is 9.34. The van der Waals surface area contributed by atoms with E-state index in [1.165, 1.54) is 23.7 Å². The largest absolute Gasteiger partial charge is 0.159 e. The van der Waals surface area contributed by atoms with E-state index < -0.39 is 0 Å². The number of thioether (sulfide) groups is 3. The second-order valence-corrected chi connectivity index (χ2v) is 8.95. The molecule has 15 heavy (non-hydrogen) atoms. The number of hydrogen-bond acceptors (Lipinski definition) is 3. The molecule has 0 saturated carbocycles. The molecule has 1 rings (SSSR count). The molecular weight excluding hydrogens is 240 g/mol. The highest BCUT2D eigenvalue weighted by Gasteiger charge is 2.26. The van der Waals surface area contributed by atoms with Crippen molar-refractivity contribution < 1.29 is 0 Å². The average Bonchev–Trinajstić information content (AvgIpc) is 2.21. The molecule has 1 atom stereocenters. The lowest BCUT2D eigenvalue weighted by atomic mass is 10.1. The van der Waals surface area contributed by atoms with Crippen LogP contribution in [-0.2, 0) is 0 Å². The molecule has 0 aromatic rings. The summed E-state index contributed by atoms with van der Waals surface area (Å²) in [6, 6.07) is 0. The first-order valence-corrected chi connectivity index (χ1v) is 9.12. The Morgan fingerprint density at radius 1 is 1.27 bits per heavy atom. The van der Waals surface area contributed by atoms with Gasteiger partial charge in [-0.2, -0.15) is 11.8 Å². The maximum Gasteiger partial charge on any atom is 0.0538 e. The Morgan fingerprint density at radius 2 is 1.87 bits per heavy atom. The summed E-state index contributed by atoms with van der Waals surface area (Å²) in [4.78, 5) is 0. The highest BCUT2D eigenvalue weighted by atomic mass is 32.2. The summed E-state index contributed by atoms with van der Waals surface area (Å²) < 4.78 is 0.873. The van der Waals surface area contributed by atoms with Crippen molar-refractivity contribution in [3.05, 3.63) is 0 Å². The van der Waals surface area contributed by atoms with E-state index in [2.05, 4.69) is 63.0 Å². The number of hydrogen-bond donors (Lipinski definition) is 0. The Morgan fingerprint density at radius 3 is 2.33 bits per heavy atom. The first-order chi connectivity index (χ1) is 7.13. The second-order valence-electron chi connectivity index (χ2n) is 4.69. The SMILES string of the molecule is CCC(CSC(C)C)C1SCC(C)CS1. The quantitative estimate of drug-likeness (QED) is 0.712. The highest BCUT2D eigenvalue weighted by Crippen LogP contribution is 2.40. The van der Waals surface area contributed by atoms with Crippen LogP contribution in [0.2, 0.25) is 0 Å². The third kappa shape index (κ3) is 5.27. The van der Waals surface area contributed by atoms with Gasteiger partial charge in [0.15, 0.2) is 0 Å². The van der Waals surface area contributed by atoms with E-state index >= 15 is 0 Å². The van der Waals surface area contributed by atoms with Crippen LogP contribution in [0.1, 0.15) is 34.1 Å². The zero-order valence-corrected chi connectivity index (χ0v) is 12.8. The van der Waals surface area contributed by atoms with Crippen LogP contribution in [0.4, 0.5) is 0 Å². The van der Waals surface area contributed by atoms with E-state index in [-0.39, 0.29) is 0 Å². The monoisotopic (exact) mass is 264 g/mol. The molecule has 0 bridgehead atoms. The van der Waals surface area contributed by atoms with Crippen molar-refractivity contribution in [2.45, 2.75) is 43.9 Å². The molecule has 3 heteroatoms. The van der Waals surface area contributed by atoms with Gasteiger partial charge >= 0.3 is 0 Å². The van der Waals surface area contributed by atoms with Crippen LogP contribution in [-0.4, -0.2) is 27.1 Å². The standard InChI is InChI=1S/C12H24S3/c1-5-11(8-13-9(2)3)12-14-6-10(4)7-15-12/h9-12H,5-8H2,1-4H3. The molecule has 1 aliphatic heterocycles. The molecule has 0 spiro atoms. The van der Waals surface area contributed by atoms with Gasteiger partial charge in [-0.15, -0.1) is 23.5 Å². The van der Waals surface area contributed by atoms with Gasteiger partial charge in [0, 0.05) is 0 Å². The van der Waals surface area contributed by atoms with Crippen LogP contribution in [0, 0.1) is 11.8 Å². The molecule has 0 radical (unpaired) electrons. The zero-order chi connectivity index (χ0) is 11.3. The third-order valence-corrected chi connectivity index (χ3v) is 7.70. The minimum Gasteiger partial charge on any atom is -0.159 e. The van der Waals surface area contributed by atoms with Crippen molar-refractivity contribution >= 4 is 35.3 Å². The fourth-order valence-electron chi connectivity index (χ4n) is 1.59. The van der Waals surface area contributed by atoms with Crippen LogP contribution in [0.15, 0.2) is 0 Å². The van der Waals surface area contributed by atoms with Gasteiger partial charge in [-0.05, 0) is 34.3 Å². The highest BCUT2D eigenvalue weighted by molar-refractivity contribution is 8.17. The third-order valence-electron chi connectivity index (χ3n) is 2.64. The van der Waals surface area contributed by atoms with Gasteiger partial charge in [-0.1, -0.05) is 34.1 Å². The Kier molecular flexibility index (Phi) is 6.95. The van der Waals surface area contributed by atoms with Crippen LogP contribution in [0.25, 0.3) is 0 Å². The average molecular weight is 265 g/mol. The van der Waals surface area contributed by atoms with Gasteiger partial charge < -0.3 is 0 Å². The van der Waals surface area contributed by atoms with Crippen molar-refractivity contribution in [1.29, 1.82) is 0 Å². The number of rotatable bonds is 5. The van der Waals surface area contributed by atoms with Crippen LogP contribution < -0.4 is 0 Å². The molecule has 1 heterocycles. The van der Waals surface area contributed by atoms with Crippen molar-refractivity contribution in [2.24, 2.45) is 11.8 Å². The minimum absolute atomic E-state index is 0.788. The molecular formula is C12H24S3. The summed E-state index contributed by atoms with van der Waals surface area (Å²) in [7, 11) is 0. The van der Waals surface area contributed by atoms with E-state index in [0.717, 1.165) is 21.7 Å². The Hall–Kier alpha value is 1.05. The molecule has 1 unspecified atom stereocenters. The van der Waals surface area contributed by atoms with E-state index in [1.54, 1.807) is 0 Å². The summed E-state index contributed by atoms with van der Waals surface area (Å²) in [5.74, 6) is 5.94. The first kappa shape index (κ1) is 14.1. The maximum absolute atomic E-state index is 2.38. The van der Waals surface area contributed by atoms with Gasteiger partial charge in [-0.3, -0.25) is 0 Å². The lowest BCUT2D eigenvalue weighted by Crippen LogP contribution is -2.24. The Balaban J connectivity index is 2.31. The summed E-state index contributed by atoms with van der Waals surface area (Å²) in [5.41, 5.74) is 0. The fraction of sp³-hybridized carbons (Fsp3) is 1.00. The van der Waals surface area contributed by atoms with E-state index in [4.69, 9.17) is 0 Å². The predicted octanol–water partition coefficient (Wildman–Crippen LogP) is 4.60. The summed E-state index contributed by atoms with van der Waals surface area (Å²) >= 11 is 6.54. The van der Waals surface area contributed by atoms with E-state index in [1.807, 2.05) is 0 Å². The topological polar surface area (TPSA) is 0 Å². The predicted molar refractivity (Wildman–Crippen MR) is 79.2 cm³/mol. The fourth-order valence-corrected chi connectivity index (χ4v) is 6.29. The maximum atomic E-state index is 2.38. The molecule has 0 aromatic carbocycles. The van der Waals surface area contributed by atoms with Crippen LogP contribution >= 0.6 is 35.3 Å². The second kappa shape index (κ2) is 7.39. The summed E-state index contributed by atoms with van der Waals surface area (Å²) in [5, 5.41) is 0.788. The smallest absolute Gasteiger partial charge is 0.0538 e. The molecule has 1 saturated heterocycles. The van der Waals surface area contributed by atoms with Gasteiger partial charge in [-0.25, -0.2) is 0 Å². The first-order valence-electron chi connectivity index (χ1n) is 5.98. The zero-order valence-electron chi connectivity index (χ0n) is 10.4. The molecule has 1 aliphatic rings. The van der Waals surface area contributed by atoms with Gasteiger partial charge in [0.25, 0.3) is 0 Å². The molecule has 1 fully saturated rings. The normalized spacial score (nSPS) is 29.4. The summed E-state index contributed by atoms with van der Waals surface area (Å²) in [6.07, 6.45) is 1.35. The van der Waals surface area contributed by atoms with Gasteiger partial charge in [0.05, 0.1) is 4.58 Å². The van der Waals surface area contributed by atoms with Crippen LogP contribution in [0.3, 0.4) is 0 Å². The molecule has 0 aromatic heterocycles. The van der Waals surface area contributed by atoms with Crippen molar-refractivity contribution in [3.8, 4) is 0 Å². The van der Waals surface area contributed by atoms with E-state index in [0.29, 0.717) is 0 Å². The lowest BCUT2D eigenvalue weighted by molar-refractivity contribution is 0.616.